The molecule has 1 aliphatic heterocycles. The minimum Gasteiger partial charge on any atom is -0.350 e. The Labute approximate surface area is 129 Å². The zero-order valence-corrected chi connectivity index (χ0v) is 13.5. The quantitative estimate of drug-likeness (QED) is 0.715. The number of nitrogens with one attached hydrogen (secondary N) is 1. The number of piperidine rings is 1. The summed E-state index contributed by atoms with van der Waals surface area (Å²) in [5.74, 6) is -3.98. The number of sulfonamides is 1. The molecule has 0 atom stereocenters. The predicted molar refractivity (Wildman–Crippen MR) is 78.0 cm³/mol. The zero-order chi connectivity index (χ0) is 15.4. The van der Waals surface area contributed by atoms with E-state index in [0.29, 0.717) is 12.8 Å². The summed E-state index contributed by atoms with van der Waals surface area (Å²) in [5, 5.41) is 2.17. The van der Waals surface area contributed by atoms with Gasteiger partial charge >= 0.3 is 0 Å². The number of carbonyl (C=O) groups excluding carboxylic acids is 1. The van der Waals surface area contributed by atoms with Gasteiger partial charge in [0.1, 0.15) is 0 Å². The molecule has 0 aromatic heterocycles. The van der Waals surface area contributed by atoms with Gasteiger partial charge in [-0.15, -0.1) is 12.4 Å². The van der Waals surface area contributed by atoms with Crippen molar-refractivity contribution < 1.29 is 22.0 Å². The Kier molecular flexibility index (Phi) is 8.01. The van der Waals surface area contributed by atoms with Crippen molar-refractivity contribution in [1.29, 1.82) is 0 Å². The van der Waals surface area contributed by atoms with Gasteiger partial charge in [0.15, 0.2) is 0 Å². The molecular weight excluding hydrogens is 328 g/mol. The highest BCUT2D eigenvalue weighted by atomic mass is 35.5. The molecule has 0 aromatic carbocycles. The van der Waals surface area contributed by atoms with Gasteiger partial charge in [0.05, 0.1) is 18.8 Å². The summed E-state index contributed by atoms with van der Waals surface area (Å²) in [4.78, 5) is 11.7. The van der Waals surface area contributed by atoms with E-state index in [9.17, 15) is 22.0 Å². The Hall–Kier alpha value is -0.510. The summed E-state index contributed by atoms with van der Waals surface area (Å²) in [5.41, 5.74) is 4.88. The fourth-order valence-electron chi connectivity index (χ4n) is 2.01. The topological polar surface area (TPSA) is 92.5 Å². The van der Waals surface area contributed by atoms with E-state index in [1.54, 1.807) is 6.92 Å². The van der Waals surface area contributed by atoms with Gasteiger partial charge < -0.3 is 11.1 Å². The molecule has 1 heterocycles. The molecular formula is C11H22ClF2N3O3S. The molecule has 0 saturated carbocycles. The number of nitrogens with two attached hydrogens (primary N) is 1. The second-order valence-corrected chi connectivity index (χ2v) is 7.11. The molecule has 0 unspecified atom stereocenters. The van der Waals surface area contributed by atoms with Crippen molar-refractivity contribution in [2.75, 3.05) is 31.9 Å². The van der Waals surface area contributed by atoms with Crippen LogP contribution >= 0.6 is 12.4 Å². The van der Waals surface area contributed by atoms with Crippen molar-refractivity contribution in [3.05, 3.63) is 0 Å². The number of carbonyl (C=O) groups is 1. The summed E-state index contributed by atoms with van der Waals surface area (Å²) in [6.07, 6.45) is 0.693. The molecule has 0 aromatic rings. The smallest absolute Gasteiger partial charge is 0.277 e. The predicted octanol–water partition coefficient (Wildman–Crippen LogP) is 0.180. The van der Waals surface area contributed by atoms with Crippen LogP contribution in [-0.2, 0) is 14.8 Å². The first kappa shape index (κ1) is 20.5. The molecule has 0 radical (unpaired) electrons. The van der Waals surface area contributed by atoms with E-state index >= 15 is 0 Å². The van der Waals surface area contributed by atoms with Crippen LogP contribution in [0.4, 0.5) is 8.78 Å². The lowest BCUT2D eigenvalue weighted by Crippen LogP contribution is -2.47. The van der Waals surface area contributed by atoms with Crippen LogP contribution < -0.4 is 11.1 Å². The number of alkyl halides is 2. The average molecular weight is 350 g/mol. The van der Waals surface area contributed by atoms with Crippen molar-refractivity contribution in [2.45, 2.75) is 25.7 Å². The van der Waals surface area contributed by atoms with E-state index in [4.69, 9.17) is 5.73 Å². The van der Waals surface area contributed by atoms with Crippen LogP contribution in [0.2, 0.25) is 0 Å². The summed E-state index contributed by atoms with van der Waals surface area (Å²) in [6, 6.07) is 0. The second-order valence-electron chi connectivity index (χ2n) is 4.85. The van der Waals surface area contributed by atoms with Crippen molar-refractivity contribution >= 4 is 28.3 Å². The standard InChI is InChI=1S/C11H21F2N3O3S.ClH/c1-2-20(18,19)16-5-3-9(4-6-16)10(17)15-8-11(12,13)7-14;/h9H,2-8,14H2,1H3,(H,15,17);1H. The lowest BCUT2D eigenvalue weighted by atomic mass is 9.97. The Balaban J connectivity index is 0.00000400. The van der Waals surface area contributed by atoms with Crippen LogP contribution in [0.1, 0.15) is 19.8 Å². The number of hydrogen-bond acceptors (Lipinski definition) is 4. The molecule has 3 N–H and O–H groups in total. The van der Waals surface area contributed by atoms with E-state index in [1.165, 1.54) is 4.31 Å². The van der Waals surface area contributed by atoms with E-state index in [0.717, 1.165) is 0 Å². The lowest BCUT2D eigenvalue weighted by Gasteiger charge is -2.30. The third kappa shape index (κ3) is 6.01. The first-order chi connectivity index (χ1) is 9.22. The lowest BCUT2D eigenvalue weighted by molar-refractivity contribution is -0.127. The molecule has 6 nitrogen and oxygen atoms in total. The number of halogens is 3. The monoisotopic (exact) mass is 349 g/mol. The molecule has 1 amide bonds. The number of nitrogens with zero attached hydrogens (tertiary/aromatic N) is 1. The number of amides is 1. The molecule has 1 rings (SSSR count). The SMILES string of the molecule is CCS(=O)(=O)N1CCC(C(=O)NCC(F)(F)CN)CC1.Cl. The van der Waals surface area contributed by atoms with E-state index in [1.807, 2.05) is 0 Å². The van der Waals surface area contributed by atoms with Gasteiger partial charge in [-0.1, -0.05) is 0 Å². The summed E-state index contributed by atoms with van der Waals surface area (Å²) in [7, 11) is -3.24. The maximum absolute atomic E-state index is 12.9. The molecule has 126 valence electrons. The maximum Gasteiger partial charge on any atom is 0.277 e. The van der Waals surface area contributed by atoms with Gasteiger partial charge in [-0.2, -0.15) is 0 Å². The fourth-order valence-corrected chi connectivity index (χ4v) is 3.14. The van der Waals surface area contributed by atoms with Crippen LogP contribution in [0.15, 0.2) is 0 Å². The largest absolute Gasteiger partial charge is 0.350 e. The van der Waals surface area contributed by atoms with Crippen molar-refractivity contribution in [3.63, 3.8) is 0 Å². The van der Waals surface area contributed by atoms with E-state index in [2.05, 4.69) is 5.32 Å². The highest BCUT2D eigenvalue weighted by Crippen LogP contribution is 2.20. The fraction of sp³-hybridized carbons (Fsp3) is 0.909. The van der Waals surface area contributed by atoms with Gasteiger partial charge in [-0.3, -0.25) is 4.79 Å². The van der Waals surface area contributed by atoms with E-state index < -0.39 is 40.9 Å². The van der Waals surface area contributed by atoms with Gasteiger partial charge in [0.2, 0.25) is 15.9 Å². The molecule has 0 aliphatic carbocycles. The number of rotatable bonds is 6. The second kappa shape index (κ2) is 8.21. The summed E-state index contributed by atoms with van der Waals surface area (Å²) >= 11 is 0. The van der Waals surface area contributed by atoms with E-state index in [-0.39, 0.29) is 31.2 Å². The molecule has 1 aliphatic rings. The average Bonchev–Trinajstić information content (AvgIpc) is 2.45. The minimum atomic E-state index is -3.24. The number of hydrogen-bond donors (Lipinski definition) is 2. The molecule has 1 fully saturated rings. The van der Waals surface area contributed by atoms with Crippen molar-refractivity contribution in [1.82, 2.24) is 9.62 Å². The highest BCUT2D eigenvalue weighted by molar-refractivity contribution is 7.89. The van der Waals surface area contributed by atoms with Gasteiger partial charge in [0.25, 0.3) is 5.92 Å². The van der Waals surface area contributed by atoms with Gasteiger partial charge in [0, 0.05) is 19.0 Å². The normalized spacial score (nSPS) is 18.1. The maximum atomic E-state index is 12.9. The van der Waals surface area contributed by atoms with Crippen molar-refractivity contribution in [3.8, 4) is 0 Å². The Morgan fingerprint density at radius 1 is 1.38 bits per heavy atom. The van der Waals surface area contributed by atoms with Gasteiger partial charge in [-0.05, 0) is 19.8 Å². The van der Waals surface area contributed by atoms with Crippen molar-refractivity contribution in [2.24, 2.45) is 11.7 Å². The highest BCUT2D eigenvalue weighted by Gasteiger charge is 2.32. The first-order valence-corrected chi connectivity index (χ1v) is 8.16. The summed E-state index contributed by atoms with van der Waals surface area (Å²) < 4.78 is 50.5. The van der Waals surface area contributed by atoms with Crippen LogP contribution in [0.5, 0.6) is 0 Å². The molecule has 0 spiro atoms. The molecule has 10 heteroatoms. The minimum absolute atomic E-state index is 0. The Morgan fingerprint density at radius 3 is 2.33 bits per heavy atom. The van der Waals surface area contributed by atoms with Crippen LogP contribution in [-0.4, -0.2) is 56.5 Å². The Bertz CT molecular complexity index is 440. The third-order valence-electron chi connectivity index (χ3n) is 3.40. The molecule has 0 bridgehead atoms. The van der Waals surface area contributed by atoms with Crippen LogP contribution in [0.25, 0.3) is 0 Å². The molecule has 1 saturated heterocycles. The van der Waals surface area contributed by atoms with Crippen LogP contribution in [0, 0.1) is 5.92 Å². The van der Waals surface area contributed by atoms with Gasteiger partial charge in [-0.25, -0.2) is 21.5 Å². The molecule has 21 heavy (non-hydrogen) atoms. The summed E-state index contributed by atoms with van der Waals surface area (Å²) in [6.45, 7) is 0.461. The third-order valence-corrected chi connectivity index (χ3v) is 5.28. The zero-order valence-electron chi connectivity index (χ0n) is 11.8. The first-order valence-electron chi connectivity index (χ1n) is 6.55. The van der Waals surface area contributed by atoms with Crippen LogP contribution in [0.3, 0.4) is 0 Å². The Morgan fingerprint density at radius 2 is 1.90 bits per heavy atom.